The summed E-state index contributed by atoms with van der Waals surface area (Å²) in [6, 6.07) is 12.3. The zero-order valence-corrected chi connectivity index (χ0v) is 18.9. The zero-order valence-electron chi connectivity index (χ0n) is 18.2. The monoisotopic (exact) mass is 460 g/mol. The SMILES string of the molecule is Cn1cc(C2N[C@@](C)(c3nc(-c4ccc(F)cc4)c[nH]3)Cc3c2[nH]c2cc(Cl)ccc32)cn1. The van der Waals surface area contributed by atoms with Gasteiger partial charge in [0.1, 0.15) is 11.6 Å². The number of imidazole rings is 1. The van der Waals surface area contributed by atoms with E-state index in [9.17, 15) is 4.39 Å². The molecule has 1 aliphatic heterocycles. The molecule has 0 fully saturated rings. The van der Waals surface area contributed by atoms with Crippen molar-refractivity contribution in [2.45, 2.75) is 24.9 Å². The molecule has 4 heterocycles. The topological polar surface area (TPSA) is 74.3 Å². The average molecular weight is 461 g/mol. The van der Waals surface area contributed by atoms with Gasteiger partial charge in [-0.3, -0.25) is 10.00 Å². The lowest BCUT2D eigenvalue weighted by Gasteiger charge is -2.38. The van der Waals surface area contributed by atoms with E-state index in [4.69, 9.17) is 16.6 Å². The Balaban J connectivity index is 1.47. The van der Waals surface area contributed by atoms with Gasteiger partial charge in [-0.2, -0.15) is 5.10 Å². The van der Waals surface area contributed by atoms with Gasteiger partial charge in [0.2, 0.25) is 0 Å². The van der Waals surface area contributed by atoms with Crippen LogP contribution in [0, 0.1) is 5.82 Å². The van der Waals surface area contributed by atoms with E-state index < -0.39 is 5.54 Å². The maximum Gasteiger partial charge on any atom is 0.127 e. The number of fused-ring (bicyclic) bond motifs is 3. The van der Waals surface area contributed by atoms with Crippen LogP contribution in [0.5, 0.6) is 0 Å². The van der Waals surface area contributed by atoms with Gasteiger partial charge in [-0.25, -0.2) is 9.37 Å². The summed E-state index contributed by atoms with van der Waals surface area (Å²) in [5.41, 5.74) is 5.60. The Labute approximate surface area is 194 Å². The Hall–Kier alpha value is -3.42. The number of H-pyrrole nitrogens is 2. The summed E-state index contributed by atoms with van der Waals surface area (Å²) in [7, 11) is 1.92. The number of hydrogen-bond acceptors (Lipinski definition) is 3. The molecule has 2 aromatic carbocycles. The number of hydrogen-bond donors (Lipinski definition) is 3. The third-order valence-corrected chi connectivity index (χ3v) is 6.72. The van der Waals surface area contributed by atoms with Crippen molar-refractivity contribution in [3.63, 3.8) is 0 Å². The predicted octanol–water partition coefficient (Wildman–Crippen LogP) is 5.23. The van der Waals surface area contributed by atoms with Crippen LogP contribution in [0.4, 0.5) is 4.39 Å². The number of nitrogens with zero attached hydrogens (tertiary/aromatic N) is 3. The Bertz CT molecular complexity index is 1480. The number of halogens is 2. The molecule has 0 radical (unpaired) electrons. The summed E-state index contributed by atoms with van der Waals surface area (Å²) >= 11 is 6.27. The smallest absolute Gasteiger partial charge is 0.127 e. The van der Waals surface area contributed by atoms with Gasteiger partial charge in [-0.05, 0) is 48.9 Å². The van der Waals surface area contributed by atoms with E-state index >= 15 is 0 Å². The Morgan fingerprint density at radius 3 is 2.76 bits per heavy atom. The van der Waals surface area contributed by atoms with E-state index in [1.54, 1.807) is 12.1 Å². The first-order valence-corrected chi connectivity index (χ1v) is 11.2. The van der Waals surface area contributed by atoms with E-state index in [-0.39, 0.29) is 11.9 Å². The van der Waals surface area contributed by atoms with Crippen molar-refractivity contribution >= 4 is 22.5 Å². The molecule has 1 unspecified atom stereocenters. The highest BCUT2D eigenvalue weighted by atomic mass is 35.5. The van der Waals surface area contributed by atoms with E-state index in [0.717, 1.165) is 45.7 Å². The molecule has 0 saturated carbocycles. The maximum absolute atomic E-state index is 13.4. The fraction of sp³-hybridized carbons (Fsp3) is 0.200. The summed E-state index contributed by atoms with van der Waals surface area (Å²) in [5, 5.41) is 10.1. The van der Waals surface area contributed by atoms with Gasteiger partial charge in [0.15, 0.2) is 0 Å². The van der Waals surface area contributed by atoms with Crippen molar-refractivity contribution in [1.82, 2.24) is 30.0 Å². The van der Waals surface area contributed by atoms with Crippen LogP contribution in [0.2, 0.25) is 5.02 Å². The molecular weight excluding hydrogens is 439 g/mol. The standard InChI is InChI=1S/C25H22ClFN6/c1-25(24-28-12-21(31-24)14-3-6-17(27)7-4-14)10-19-18-8-5-16(26)9-20(18)30-23(19)22(32-25)15-11-29-33(2)13-15/h3-9,11-13,22,30,32H,10H2,1-2H3,(H,28,31)/t22?,25-/m1/s1. The molecule has 0 spiro atoms. The highest BCUT2D eigenvalue weighted by Gasteiger charge is 2.41. The summed E-state index contributed by atoms with van der Waals surface area (Å²) < 4.78 is 15.2. The van der Waals surface area contributed by atoms with Gasteiger partial charge in [0.25, 0.3) is 0 Å². The highest BCUT2D eigenvalue weighted by Crippen LogP contribution is 2.42. The summed E-state index contributed by atoms with van der Waals surface area (Å²) in [6.45, 7) is 2.15. The molecule has 166 valence electrons. The molecule has 6 nitrogen and oxygen atoms in total. The molecule has 0 bridgehead atoms. The zero-order chi connectivity index (χ0) is 22.7. The molecule has 3 aromatic heterocycles. The van der Waals surface area contributed by atoms with Crippen LogP contribution in [-0.2, 0) is 19.0 Å². The molecule has 5 aromatic rings. The average Bonchev–Trinajstić information content (AvgIpc) is 3.52. The predicted molar refractivity (Wildman–Crippen MR) is 127 cm³/mol. The van der Waals surface area contributed by atoms with Gasteiger partial charge in [0, 0.05) is 58.6 Å². The first-order valence-electron chi connectivity index (χ1n) is 10.8. The summed E-state index contributed by atoms with van der Waals surface area (Å²) in [4.78, 5) is 11.9. The van der Waals surface area contributed by atoms with Crippen LogP contribution < -0.4 is 5.32 Å². The van der Waals surface area contributed by atoms with Crippen LogP contribution in [0.3, 0.4) is 0 Å². The summed E-state index contributed by atoms with van der Waals surface area (Å²) in [6.07, 6.45) is 6.52. The Kier molecular flexibility index (Phi) is 4.47. The molecule has 0 amide bonds. The fourth-order valence-electron chi connectivity index (χ4n) is 4.85. The van der Waals surface area contributed by atoms with Crippen LogP contribution in [-0.4, -0.2) is 24.7 Å². The number of nitrogens with one attached hydrogen (secondary N) is 3. The minimum atomic E-state index is -0.472. The van der Waals surface area contributed by atoms with Gasteiger partial charge in [-0.15, -0.1) is 0 Å². The lowest BCUT2D eigenvalue weighted by molar-refractivity contribution is 0.296. The largest absolute Gasteiger partial charge is 0.357 e. The third-order valence-electron chi connectivity index (χ3n) is 6.48. The van der Waals surface area contributed by atoms with Crippen molar-refractivity contribution in [3.05, 3.63) is 94.5 Å². The van der Waals surface area contributed by atoms with E-state index in [1.807, 2.05) is 42.5 Å². The van der Waals surface area contributed by atoms with Crippen molar-refractivity contribution in [2.75, 3.05) is 0 Å². The second-order valence-electron chi connectivity index (χ2n) is 8.88. The van der Waals surface area contributed by atoms with Gasteiger partial charge in [0.05, 0.1) is 23.5 Å². The molecule has 0 aliphatic carbocycles. The van der Waals surface area contributed by atoms with E-state index in [2.05, 4.69) is 33.4 Å². The second-order valence-corrected chi connectivity index (χ2v) is 9.32. The van der Waals surface area contributed by atoms with Crippen molar-refractivity contribution in [1.29, 1.82) is 0 Å². The molecule has 8 heteroatoms. The number of rotatable bonds is 3. The lowest BCUT2D eigenvalue weighted by Crippen LogP contribution is -2.48. The number of aromatic nitrogens is 5. The maximum atomic E-state index is 13.4. The van der Waals surface area contributed by atoms with Crippen LogP contribution in [0.25, 0.3) is 22.2 Å². The van der Waals surface area contributed by atoms with Gasteiger partial charge < -0.3 is 9.97 Å². The van der Waals surface area contributed by atoms with Gasteiger partial charge in [-0.1, -0.05) is 17.7 Å². The number of aromatic amines is 2. The van der Waals surface area contributed by atoms with Crippen LogP contribution >= 0.6 is 11.6 Å². The normalized spacial score (nSPS) is 20.3. The van der Waals surface area contributed by atoms with Crippen LogP contribution in [0.1, 0.15) is 35.6 Å². The highest BCUT2D eigenvalue weighted by molar-refractivity contribution is 6.31. The van der Waals surface area contributed by atoms with E-state index in [1.165, 1.54) is 17.7 Å². The molecule has 1 aliphatic rings. The second kappa shape index (κ2) is 7.30. The number of aryl methyl sites for hydroxylation is 1. The first-order chi connectivity index (χ1) is 15.9. The van der Waals surface area contributed by atoms with Crippen molar-refractivity contribution in [2.24, 2.45) is 7.05 Å². The lowest BCUT2D eigenvalue weighted by atomic mass is 9.82. The van der Waals surface area contributed by atoms with Crippen LogP contribution in [0.15, 0.2) is 61.1 Å². The summed E-state index contributed by atoms with van der Waals surface area (Å²) in [5.74, 6) is 0.561. The fourth-order valence-corrected chi connectivity index (χ4v) is 5.02. The molecule has 6 rings (SSSR count). The molecule has 33 heavy (non-hydrogen) atoms. The van der Waals surface area contributed by atoms with Crippen molar-refractivity contribution < 1.29 is 4.39 Å². The Morgan fingerprint density at radius 1 is 1.18 bits per heavy atom. The minimum absolute atomic E-state index is 0.0991. The first kappa shape index (κ1) is 20.2. The minimum Gasteiger partial charge on any atom is -0.357 e. The van der Waals surface area contributed by atoms with E-state index in [0.29, 0.717) is 5.02 Å². The third kappa shape index (κ3) is 3.35. The molecule has 0 saturated heterocycles. The quantitative estimate of drug-likeness (QED) is 0.345. The Morgan fingerprint density at radius 2 is 2.00 bits per heavy atom. The molecular formula is C25H22ClFN6. The van der Waals surface area contributed by atoms with Gasteiger partial charge >= 0.3 is 0 Å². The van der Waals surface area contributed by atoms with Crippen molar-refractivity contribution in [3.8, 4) is 11.3 Å². The molecule has 3 N–H and O–H groups in total. The molecule has 2 atom stereocenters. The number of benzene rings is 2.